The molecule has 0 aromatic carbocycles. The van der Waals surface area contributed by atoms with Gasteiger partial charge in [0.25, 0.3) is 0 Å². The van der Waals surface area contributed by atoms with Gasteiger partial charge in [-0.05, 0) is 32.2 Å². The summed E-state index contributed by atoms with van der Waals surface area (Å²) in [5.41, 5.74) is 0. The first kappa shape index (κ1) is 11.0. The maximum atomic E-state index is 5.79. The molecule has 2 atom stereocenters. The molecule has 1 N–H and O–H groups in total. The summed E-state index contributed by atoms with van der Waals surface area (Å²) < 4.78 is 5.79. The van der Waals surface area contributed by atoms with E-state index in [4.69, 9.17) is 4.74 Å². The molecule has 78 valence electrons. The second kappa shape index (κ2) is 5.61. The third kappa shape index (κ3) is 3.28. The van der Waals surface area contributed by atoms with Crippen LogP contribution in [0.3, 0.4) is 0 Å². The molecule has 1 aliphatic carbocycles. The van der Waals surface area contributed by atoms with Crippen molar-refractivity contribution in [1.82, 2.24) is 5.32 Å². The van der Waals surface area contributed by atoms with E-state index in [0.717, 1.165) is 6.61 Å². The van der Waals surface area contributed by atoms with Crippen LogP contribution >= 0.6 is 0 Å². The lowest BCUT2D eigenvalue weighted by molar-refractivity contribution is -0.0141. The van der Waals surface area contributed by atoms with Crippen molar-refractivity contribution < 1.29 is 4.74 Å². The SMILES string of the molecule is CCC(C)C(COC1CCC1)NC. The lowest BCUT2D eigenvalue weighted by atomic mass is 9.95. The minimum atomic E-state index is 0.533. The van der Waals surface area contributed by atoms with E-state index in [1.807, 2.05) is 7.05 Å². The van der Waals surface area contributed by atoms with E-state index >= 15 is 0 Å². The number of hydrogen-bond donors (Lipinski definition) is 1. The van der Waals surface area contributed by atoms with Crippen LogP contribution in [0, 0.1) is 5.92 Å². The zero-order valence-electron chi connectivity index (χ0n) is 9.18. The van der Waals surface area contributed by atoms with Crippen LogP contribution in [-0.4, -0.2) is 25.8 Å². The Bertz CT molecular complexity index is 134. The highest BCUT2D eigenvalue weighted by atomic mass is 16.5. The van der Waals surface area contributed by atoms with Crippen LogP contribution in [0.2, 0.25) is 0 Å². The number of hydrogen-bond acceptors (Lipinski definition) is 2. The van der Waals surface area contributed by atoms with Gasteiger partial charge in [-0.15, -0.1) is 0 Å². The number of likely N-dealkylation sites (N-methyl/N-ethyl adjacent to an activating group) is 1. The van der Waals surface area contributed by atoms with E-state index in [1.54, 1.807) is 0 Å². The van der Waals surface area contributed by atoms with Crippen molar-refractivity contribution in [1.29, 1.82) is 0 Å². The summed E-state index contributed by atoms with van der Waals surface area (Å²) in [6, 6.07) is 0.533. The Hall–Kier alpha value is -0.0800. The standard InChI is InChI=1S/C11H23NO/c1-4-9(2)11(12-3)8-13-10-6-5-7-10/h9-12H,4-8H2,1-3H3. The molecule has 0 spiro atoms. The first-order chi connectivity index (χ1) is 6.27. The van der Waals surface area contributed by atoms with Crippen molar-refractivity contribution in [2.75, 3.05) is 13.7 Å². The van der Waals surface area contributed by atoms with Gasteiger partial charge in [-0.3, -0.25) is 0 Å². The minimum absolute atomic E-state index is 0.533. The van der Waals surface area contributed by atoms with Gasteiger partial charge in [0.2, 0.25) is 0 Å². The lowest BCUT2D eigenvalue weighted by Gasteiger charge is -2.29. The van der Waals surface area contributed by atoms with Crippen molar-refractivity contribution in [3.05, 3.63) is 0 Å². The predicted molar refractivity (Wildman–Crippen MR) is 55.9 cm³/mol. The van der Waals surface area contributed by atoms with E-state index in [-0.39, 0.29) is 0 Å². The molecule has 0 saturated heterocycles. The highest BCUT2D eigenvalue weighted by molar-refractivity contribution is 4.74. The van der Waals surface area contributed by atoms with Crippen LogP contribution in [0.1, 0.15) is 39.5 Å². The number of ether oxygens (including phenoxy) is 1. The van der Waals surface area contributed by atoms with Gasteiger partial charge in [0.15, 0.2) is 0 Å². The van der Waals surface area contributed by atoms with Gasteiger partial charge in [0.1, 0.15) is 0 Å². The Kier molecular flexibility index (Phi) is 4.74. The maximum Gasteiger partial charge on any atom is 0.0625 e. The molecule has 0 heterocycles. The molecule has 1 saturated carbocycles. The predicted octanol–water partition coefficient (Wildman–Crippen LogP) is 2.19. The molecule has 1 fully saturated rings. The summed E-state index contributed by atoms with van der Waals surface area (Å²) in [5.74, 6) is 0.713. The lowest BCUT2D eigenvalue weighted by Crippen LogP contribution is -2.38. The van der Waals surface area contributed by atoms with E-state index < -0.39 is 0 Å². The van der Waals surface area contributed by atoms with Crippen molar-refractivity contribution in [3.8, 4) is 0 Å². The number of rotatable bonds is 6. The zero-order valence-corrected chi connectivity index (χ0v) is 9.18. The fraction of sp³-hybridized carbons (Fsp3) is 1.00. The van der Waals surface area contributed by atoms with Gasteiger partial charge in [-0.1, -0.05) is 20.3 Å². The van der Waals surface area contributed by atoms with Crippen LogP contribution in [0.4, 0.5) is 0 Å². The Morgan fingerprint density at radius 1 is 1.46 bits per heavy atom. The van der Waals surface area contributed by atoms with Gasteiger partial charge in [0.05, 0.1) is 12.7 Å². The molecule has 0 aromatic heterocycles. The summed E-state index contributed by atoms with van der Waals surface area (Å²) >= 11 is 0. The van der Waals surface area contributed by atoms with E-state index in [0.29, 0.717) is 18.1 Å². The molecule has 0 aromatic rings. The van der Waals surface area contributed by atoms with Crippen LogP contribution in [0.5, 0.6) is 0 Å². The van der Waals surface area contributed by atoms with Crippen LogP contribution < -0.4 is 5.32 Å². The van der Waals surface area contributed by atoms with Crippen LogP contribution in [0.15, 0.2) is 0 Å². The highest BCUT2D eigenvalue weighted by Gasteiger charge is 2.21. The third-order valence-corrected chi connectivity index (χ3v) is 3.27. The summed E-state index contributed by atoms with van der Waals surface area (Å²) in [6.45, 7) is 5.40. The molecule has 1 aliphatic rings. The van der Waals surface area contributed by atoms with Gasteiger partial charge in [0, 0.05) is 6.04 Å². The molecule has 2 nitrogen and oxygen atoms in total. The van der Waals surface area contributed by atoms with E-state index in [2.05, 4.69) is 19.2 Å². The van der Waals surface area contributed by atoms with Gasteiger partial charge < -0.3 is 10.1 Å². The van der Waals surface area contributed by atoms with Crippen molar-refractivity contribution in [2.45, 2.75) is 51.7 Å². The molecule has 0 amide bonds. The normalized spacial score (nSPS) is 22.4. The Morgan fingerprint density at radius 3 is 2.54 bits per heavy atom. The molecule has 0 bridgehead atoms. The first-order valence-electron chi connectivity index (χ1n) is 5.56. The Labute approximate surface area is 82.0 Å². The quantitative estimate of drug-likeness (QED) is 0.685. The van der Waals surface area contributed by atoms with Crippen LogP contribution in [0.25, 0.3) is 0 Å². The average molecular weight is 185 g/mol. The maximum absolute atomic E-state index is 5.79. The van der Waals surface area contributed by atoms with Gasteiger partial charge in [-0.25, -0.2) is 0 Å². The monoisotopic (exact) mass is 185 g/mol. The molecular formula is C11H23NO. The van der Waals surface area contributed by atoms with Crippen LogP contribution in [-0.2, 0) is 4.74 Å². The van der Waals surface area contributed by atoms with Gasteiger partial charge in [-0.2, -0.15) is 0 Å². The fourth-order valence-corrected chi connectivity index (χ4v) is 1.59. The van der Waals surface area contributed by atoms with Crippen molar-refractivity contribution in [3.63, 3.8) is 0 Å². The zero-order chi connectivity index (χ0) is 9.68. The average Bonchev–Trinajstić information content (AvgIpc) is 2.08. The second-order valence-electron chi connectivity index (χ2n) is 4.17. The minimum Gasteiger partial charge on any atom is -0.377 e. The number of nitrogens with one attached hydrogen (secondary N) is 1. The Morgan fingerprint density at radius 2 is 2.15 bits per heavy atom. The highest BCUT2D eigenvalue weighted by Crippen LogP contribution is 2.22. The van der Waals surface area contributed by atoms with Crippen molar-refractivity contribution >= 4 is 0 Å². The van der Waals surface area contributed by atoms with E-state index in [1.165, 1.54) is 25.7 Å². The molecule has 2 unspecified atom stereocenters. The topological polar surface area (TPSA) is 21.3 Å². The summed E-state index contributed by atoms with van der Waals surface area (Å²) in [4.78, 5) is 0. The summed E-state index contributed by atoms with van der Waals surface area (Å²) in [7, 11) is 2.03. The second-order valence-corrected chi connectivity index (χ2v) is 4.17. The molecule has 1 rings (SSSR count). The molecular weight excluding hydrogens is 162 g/mol. The van der Waals surface area contributed by atoms with E-state index in [9.17, 15) is 0 Å². The third-order valence-electron chi connectivity index (χ3n) is 3.27. The smallest absolute Gasteiger partial charge is 0.0625 e. The summed E-state index contributed by atoms with van der Waals surface area (Å²) in [6.07, 6.45) is 5.70. The fourth-order valence-electron chi connectivity index (χ4n) is 1.59. The van der Waals surface area contributed by atoms with Crippen molar-refractivity contribution in [2.24, 2.45) is 5.92 Å². The van der Waals surface area contributed by atoms with Gasteiger partial charge >= 0.3 is 0 Å². The Balaban J connectivity index is 2.14. The molecule has 0 radical (unpaired) electrons. The first-order valence-corrected chi connectivity index (χ1v) is 5.56. The summed E-state index contributed by atoms with van der Waals surface area (Å²) in [5, 5.41) is 3.33. The molecule has 0 aliphatic heterocycles. The molecule has 13 heavy (non-hydrogen) atoms. The molecule has 2 heteroatoms. The largest absolute Gasteiger partial charge is 0.377 e.